The van der Waals surface area contributed by atoms with E-state index >= 15 is 0 Å². The molecule has 0 saturated carbocycles. The van der Waals surface area contributed by atoms with Crippen molar-refractivity contribution in [2.75, 3.05) is 19.0 Å². The van der Waals surface area contributed by atoms with Crippen LogP contribution >= 0.6 is 0 Å². The van der Waals surface area contributed by atoms with E-state index in [1.165, 1.54) is 24.3 Å². The van der Waals surface area contributed by atoms with Crippen LogP contribution in [0.1, 0.15) is 35.5 Å². The number of nitrogens with zero attached hydrogens (tertiary/aromatic N) is 2. The summed E-state index contributed by atoms with van der Waals surface area (Å²) in [5, 5.41) is 3.02. The van der Waals surface area contributed by atoms with Crippen LogP contribution in [0.2, 0.25) is 0 Å². The van der Waals surface area contributed by atoms with Crippen molar-refractivity contribution in [2.45, 2.75) is 27.1 Å². The Balaban J connectivity index is 2.43. The number of ether oxygens (including phenoxy) is 2. The molecule has 1 heterocycles. The number of carbonyl (C=O) groups is 1. The number of hydrogen-bond acceptors (Lipinski definition) is 6. The molecule has 0 atom stereocenters. The summed E-state index contributed by atoms with van der Waals surface area (Å²) < 4.78 is 45.8. The van der Waals surface area contributed by atoms with Gasteiger partial charge in [-0.05, 0) is 51.1 Å². The number of halogens is 3. The Labute approximate surface area is 160 Å². The van der Waals surface area contributed by atoms with Crippen LogP contribution in [-0.4, -0.2) is 36.7 Å². The number of alkyl halides is 3. The average Bonchev–Trinajstić information content (AvgIpc) is 2.61. The molecule has 150 valence electrons. The molecule has 2 aromatic rings. The monoisotopic (exact) mass is 395 g/mol. The summed E-state index contributed by atoms with van der Waals surface area (Å²) in [5.74, 6) is -0.507. The summed E-state index contributed by atoms with van der Waals surface area (Å²) >= 11 is 0. The van der Waals surface area contributed by atoms with E-state index in [-0.39, 0.29) is 12.4 Å². The van der Waals surface area contributed by atoms with Crippen molar-refractivity contribution in [3.63, 3.8) is 0 Å². The second-order valence-electron chi connectivity index (χ2n) is 5.76. The highest BCUT2D eigenvalue weighted by molar-refractivity contribution is 6.11. The summed E-state index contributed by atoms with van der Waals surface area (Å²) in [6.07, 6.45) is -4.76. The third-order valence-corrected chi connectivity index (χ3v) is 3.69. The zero-order chi connectivity index (χ0) is 20.9. The van der Waals surface area contributed by atoms with Gasteiger partial charge in [0.1, 0.15) is 11.6 Å². The van der Waals surface area contributed by atoms with E-state index in [1.807, 2.05) is 0 Å². The number of rotatable bonds is 6. The molecule has 1 N–H and O–H groups in total. The average molecular weight is 395 g/mol. The third-order valence-electron chi connectivity index (χ3n) is 3.69. The predicted octanol–water partition coefficient (Wildman–Crippen LogP) is 4.65. The predicted molar refractivity (Wildman–Crippen MR) is 99.5 cm³/mol. The Morgan fingerprint density at radius 3 is 2.43 bits per heavy atom. The van der Waals surface area contributed by atoms with Crippen LogP contribution in [-0.2, 0) is 4.74 Å². The molecule has 0 unspecified atom stereocenters. The molecule has 0 amide bonds. The van der Waals surface area contributed by atoms with Crippen molar-refractivity contribution in [3.05, 3.63) is 47.2 Å². The summed E-state index contributed by atoms with van der Waals surface area (Å²) in [4.78, 5) is 20.9. The number of aromatic nitrogens is 1. The van der Waals surface area contributed by atoms with Gasteiger partial charge in [0, 0.05) is 24.1 Å². The zero-order valence-corrected chi connectivity index (χ0v) is 15.8. The smallest absolute Gasteiger partial charge is 0.462 e. The minimum Gasteiger partial charge on any atom is -0.462 e. The lowest BCUT2D eigenvalue weighted by molar-refractivity contribution is -0.274. The van der Waals surface area contributed by atoms with Crippen LogP contribution in [0.5, 0.6) is 5.75 Å². The van der Waals surface area contributed by atoms with Gasteiger partial charge in [-0.3, -0.25) is 4.99 Å². The van der Waals surface area contributed by atoms with E-state index in [4.69, 9.17) is 4.74 Å². The zero-order valence-electron chi connectivity index (χ0n) is 15.8. The molecule has 2 rings (SSSR count). The summed E-state index contributed by atoms with van der Waals surface area (Å²) in [5.41, 5.74) is 2.34. The highest BCUT2D eigenvalue weighted by Crippen LogP contribution is 2.28. The Kier molecular flexibility index (Phi) is 6.61. The standard InChI is InChI=1S/C19H20F3N3O3/c1-5-27-18(26)15-10-11(2)24-17(16(15)12(3)23-4)25-13-6-8-14(9-7-13)28-19(20,21)22/h6-10H,5H2,1-4H3,(H,24,25)/b23-12-. The summed E-state index contributed by atoms with van der Waals surface area (Å²) in [7, 11) is 1.58. The number of aryl methyl sites for hydroxylation is 1. The van der Waals surface area contributed by atoms with Crippen molar-refractivity contribution in [1.29, 1.82) is 0 Å². The lowest BCUT2D eigenvalue weighted by atomic mass is 10.0. The van der Waals surface area contributed by atoms with Crippen LogP contribution in [0.3, 0.4) is 0 Å². The first kappa shape index (κ1) is 21.2. The molecule has 0 saturated heterocycles. The number of esters is 1. The quantitative estimate of drug-likeness (QED) is 0.569. The van der Waals surface area contributed by atoms with E-state index in [0.717, 1.165) is 0 Å². The number of pyridine rings is 1. The third kappa shape index (κ3) is 5.45. The second-order valence-corrected chi connectivity index (χ2v) is 5.76. The molecule has 6 nitrogen and oxygen atoms in total. The molecule has 0 bridgehead atoms. The molecule has 28 heavy (non-hydrogen) atoms. The van der Waals surface area contributed by atoms with Gasteiger partial charge in [0.05, 0.1) is 17.7 Å². The van der Waals surface area contributed by atoms with Crippen molar-refractivity contribution in [3.8, 4) is 5.75 Å². The number of benzene rings is 1. The van der Waals surface area contributed by atoms with Gasteiger partial charge in [0.15, 0.2) is 0 Å². The first-order valence-electron chi connectivity index (χ1n) is 8.40. The molecular formula is C19H20F3N3O3. The lowest BCUT2D eigenvalue weighted by Crippen LogP contribution is -2.17. The van der Waals surface area contributed by atoms with Gasteiger partial charge >= 0.3 is 12.3 Å². The SMILES string of the molecule is CCOC(=O)c1cc(C)nc(Nc2ccc(OC(F)(F)F)cc2)c1/C(C)=N\C. The van der Waals surface area contributed by atoms with Crippen LogP contribution in [0.25, 0.3) is 0 Å². The molecule has 9 heteroatoms. The second kappa shape index (κ2) is 8.73. The van der Waals surface area contributed by atoms with Gasteiger partial charge in [-0.2, -0.15) is 0 Å². The van der Waals surface area contributed by atoms with E-state index < -0.39 is 12.3 Å². The van der Waals surface area contributed by atoms with Crippen molar-refractivity contribution >= 4 is 23.2 Å². The van der Waals surface area contributed by atoms with Crippen molar-refractivity contribution in [1.82, 2.24) is 4.98 Å². The minimum absolute atomic E-state index is 0.214. The summed E-state index contributed by atoms with van der Waals surface area (Å²) in [6.45, 7) is 5.36. The van der Waals surface area contributed by atoms with Gasteiger partial charge in [-0.25, -0.2) is 9.78 Å². The molecule has 0 fully saturated rings. The molecule has 0 aliphatic rings. The number of nitrogens with one attached hydrogen (secondary N) is 1. The lowest BCUT2D eigenvalue weighted by Gasteiger charge is -2.16. The Morgan fingerprint density at radius 1 is 1.25 bits per heavy atom. The normalized spacial score (nSPS) is 11.9. The molecule has 0 radical (unpaired) electrons. The van der Waals surface area contributed by atoms with Crippen LogP contribution in [0.15, 0.2) is 35.3 Å². The first-order valence-corrected chi connectivity index (χ1v) is 8.40. The van der Waals surface area contributed by atoms with Gasteiger partial charge in [0.25, 0.3) is 0 Å². The maximum atomic E-state index is 12.4. The molecule has 0 aliphatic carbocycles. The highest BCUT2D eigenvalue weighted by atomic mass is 19.4. The maximum Gasteiger partial charge on any atom is 0.573 e. The molecule has 0 spiro atoms. The number of aliphatic imine (C=N–C) groups is 1. The van der Waals surface area contributed by atoms with Crippen LogP contribution < -0.4 is 10.1 Å². The fourth-order valence-corrected chi connectivity index (χ4v) is 2.49. The van der Waals surface area contributed by atoms with Gasteiger partial charge < -0.3 is 14.8 Å². The number of carbonyl (C=O) groups excluding carboxylic acids is 1. The van der Waals surface area contributed by atoms with Gasteiger partial charge in [-0.15, -0.1) is 13.2 Å². The maximum absolute atomic E-state index is 12.4. The largest absolute Gasteiger partial charge is 0.573 e. The summed E-state index contributed by atoms with van der Waals surface area (Å²) in [6, 6.07) is 6.79. The van der Waals surface area contributed by atoms with Crippen LogP contribution in [0, 0.1) is 6.92 Å². The number of anilines is 2. The Bertz CT molecular complexity index is 878. The topological polar surface area (TPSA) is 72.8 Å². The van der Waals surface area contributed by atoms with Gasteiger partial charge in [0.2, 0.25) is 0 Å². The van der Waals surface area contributed by atoms with E-state index in [2.05, 4.69) is 20.0 Å². The molecule has 0 aliphatic heterocycles. The Morgan fingerprint density at radius 2 is 1.89 bits per heavy atom. The molecule has 1 aromatic heterocycles. The van der Waals surface area contributed by atoms with E-state index in [9.17, 15) is 18.0 Å². The fraction of sp³-hybridized carbons (Fsp3) is 0.316. The van der Waals surface area contributed by atoms with Crippen LogP contribution in [0.4, 0.5) is 24.7 Å². The van der Waals surface area contributed by atoms with Crippen molar-refractivity contribution < 1.29 is 27.4 Å². The molecular weight excluding hydrogens is 375 g/mol. The Hall–Kier alpha value is -3.10. The number of hydrogen-bond donors (Lipinski definition) is 1. The van der Waals surface area contributed by atoms with Gasteiger partial charge in [-0.1, -0.05) is 0 Å². The van der Waals surface area contributed by atoms with E-state index in [1.54, 1.807) is 33.9 Å². The minimum atomic E-state index is -4.76. The van der Waals surface area contributed by atoms with Crippen molar-refractivity contribution in [2.24, 2.45) is 4.99 Å². The fourth-order valence-electron chi connectivity index (χ4n) is 2.49. The molecule has 1 aromatic carbocycles. The highest BCUT2D eigenvalue weighted by Gasteiger charge is 2.31. The van der Waals surface area contributed by atoms with E-state index in [0.29, 0.717) is 34.0 Å². The first-order chi connectivity index (χ1) is 13.1.